The minimum absolute atomic E-state index is 0.0414. The first-order valence-corrected chi connectivity index (χ1v) is 7.06. The molecule has 0 spiro atoms. The number of nitrogens with zero attached hydrogens (tertiary/aromatic N) is 2. The highest BCUT2D eigenvalue weighted by atomic mass is 79.9. The second-order valence-corrected chi connectivity index (χ2v) is 5.29. The van der Waals surface area contributed by atoms with Crippen LogP contribution in [0.1, 0.15) is 24.4 Å². The fourth-order valence-electron chi connectivity index (χ4n) is 2.16. The first kappa shape index (κ1) is 14.2. The van der Waals surface area contributed by atoms with Crippen LogP contribution in [0, 0.1) is 5.82 Å². The van der Waals surface area contributed by atoms with Crippen LogP contribution in [-0.2, 0) is 13.0 Å². The lowest BCUT2D eigenvalue weighted by atomic mass is 10.0. The summed E-state index contributed by atoms with van der Waals surface area (Å²) >= 11 is 3.33. The molecule has 0 fully saturated rings. The molecule has 1 unspecified atom stereocenters. The SMILES string of the molecule is CCn1ccnc1CC(NC)c1cc(F)cc(Br)c1. The molecule has 2 aromatic rings. The number of hydrogen-bond acceptors (Lipinski definition) is 2. The minimum atomic E-state index is -0.233. The minimum Gasteiger partial charge on any atom is -0.335 e. The van der Waals surface area contributed by atoms with Crippen LogP contribution in [-0.4, -0.2) is 16.6 Å². The maximum Gasteiger partial charge on any atom is 0.124 e. The third-order valence-corrected chi connectivity index (χ3v) is 3.62. The van der Waals surface area contributed by atoms with Gasteiger partial charge in [0.1, 0.15) is 11.6 Å². The summed E-state index contributed by atoms with van der Waals surface area (Å²) in [4.78, 5) is 4.36. The number of likely N-dealkylation sites (N-methyl/N-ethyl adjacent to an activating group) is 1. The summed E-state index contributed by atoms with van der Waals surface area (Å²) in [6.07, 6.45) is 4.49. The third-order valence-electron chi connectivity index (χ3n) is 3.16. The van der Waals surface area contributed by atoms with Gasteiger partial charge in [-0.25, -0.2) is 9.37 Å². The first-order chi connectivity index (χ1) is 9.13. The van der Waals surface area contributed by atoms with Gasteiger partial charge in [-0.15, -0.1) is 0 Å². The van der Waals surface area contributed by atoms with E-state index in [9.17, 15) is 4.39 Å². The number of aryl methyl sites for hydroxylation is 1. The Balaban J connectivity index is 2.25. The van der Waals surface area contributed by atoms with E-state index < -0.39 is 0 Å². The lowest BCUT2D eigenvalue weighted by Gasteiger charge is -2.17. The molecule has 1 aromatic heterocycles. The molecule has 102 valence electrons. The van der Waals surface area contributed by atoms with Crippen LogP contribution in [0.4, 0.5) is 4.39 Å². The average molecular weight is 326 g/mol. The Morgan fingerprint density at radius 1 is 1.42 bits per heavy atom. The predicted molar refractivity (Wildman–Crippen MR) is 77.5 cm³/mol. The quantitative estimate of drug-likeness (QED) is 0.914. The Hall–Kier alpha value is -1.20. The summed E-state index contributed by atoms with van der Waals surface area (Å²) < 4.78 is 16.3. The van der Waals surface area contributed by atoms with Gasteiger partial charge >= 0.3 is 0 Å². The lowest BCUT2D eigenvalue weighted by molar-refractivity contribution is 0.546. The van der Waals surface area contributed by atoms with E-state index in [-0.39, 0.29) is 11.9 Å². The van der Waals surface area contributed by atoms with Gasteiger partial charge in [-0.05, 0) is 37.7 Å². The smallest absolute Gasteiger partial charge is 0.124 e. The van der Waals surface area contributed by atoms with Crippen LogP contribution in [0.5, 0.6) is 0 Å². The molecular formula is C14H17BrFN3. The first-order valence-electron chi connectivity index (χ1n) is 6.27. The molecule has 0 aliphatic rings. The van der Waals surface area contributed by atoms with Crippen molar-refractivity contribution in [2.45, 2.75) is 25.9 Å². The van der Waals surface area contributed by atoms with E-state index in [0.29, 0.717) is 0 Å². The summed E-state index contributed by atoms with van der Waals surface area (Å²) in [5.41, 5.74) is 0.917. The number of benzene rings is 1. The maximum absolute atomic E-state index is 13.5. The highest BCUT2D eigenvalue weighted by Crippen LogP contribution is 2.22. The van der Waals surface area contributed by atoms with Crippen molar-refractivity contribution in [2.24, 2.45) is 0 Å². The van der Waals surface area contributed by atoms with Crippen molar-refractivity contribution in [2.75, 3.05) is 7.05 Å². The van der Waals surface area contributed by atoms with E-state index in [1.807, 2.05) is 19.3 Å². The Labute approximate surface area is 121 Å². The summed E-state index contributed by atoms with van der Waals surface area (Å²) in [5.74, 6) is 0.769. The summed E-state index contributed by atoms with van der Waals surface area (Å²) in [6, 6.07) is 5.00. The van der Waals surface area contributed by atoms with Gasteiger partial charge in [-0.3, -0.25) is 0 Å². The van der Waals surface area contributed by atoms with Crippen molar-refractivity contribution in [1.29, 1.82) is 0 Å². The normalized spacial score (nSPS) is 12.6. The van der Waals surface area contributed by atoms with Crippen molar-refractivity contribution < 1.29 is 4.39 Å². The zero-order chi connectivity index (χ0) is 13.8. The van der Waals surface area contributed by atoms with Crippen LogP contribution in [0.25, 0.3) is 0 Å². The van der Waals surface area contributed by atoms with Crippen LogP contribution >= 0.6 is 15.9 Å². The highest BCUT2D eigenvalue weighted by Gasteiger charge is 2.14. The number of nitrogens with one attached hydrogen (secondary N) is 1. The van der Waals surface area contributed by atoms with Crippen LogP contribution < -0.4 is 5.32 Å². The van der Waals surface area contributed by atoms with Gasteiger partial charge < -0.3 is 9.88 Å². The topological polar surface area (TPSA) is 29.9 Å². The molecule has 0 bridgehead atoms. The second kappa shape index (κ2) is 6.30. The molecule has 0 saturated heterocycles. The van der Waals surface area contributed by atoms with Crippen molar-refractivity contribution in [3.63, 3.8) is 0 Å². The molecular weight excluding hydrogens is 309 g/mol. The van der Waals surface area contributed by atoms with Gasteiger partial charge in [-0.1, -0.05) is 15.9 Å². The molecule has 1 atom stereocenters. The van der Waals surface area contributed by atoms with E-state index in [4.69, 9.17) is 0 Å². The Bertz CT molecular complexity index is 533. The van der Waals surface area contributed by atoms with Crippen molar-refractivity contribution in [3.8, 4) is 0 Å². The van der Waals surface area contributed by atoms with Crippen LogP contribution in [0.2, 0.25) is 0 Å². The lowest BCUT2D eigenvalue weighted by Crippen LogP contribution is -2.21. The van der Waals surface area contributed by atoms with E-state index >= 15 is 0 Å². The molecule has 1 heterocycles. The average Bonchev–Trinajstić information content (AvgIpc) is 2.81. The number of imidazole rings is 1. The molecule has 1 aromatic carbocycles. The molecule has 0 radical (unpaired) electrons. The molecule has 2 rings (SSSR count). The number of hydrogen-bond donors (Lipinski definition) is 1. The molecule has 3 nitrogen and oxygen atoms in total. The Kier molecular flexibility index (Phi) is 4.71. The van der Waals surface area contributed by atoms with E-state index in [0.717, 1.165) is 28.8 Å². The number of halogens is 2. The maximum atomic E-state index is 13.5. The van der Waals surface area contributed by atoms with Gasteiger partial charge in [0, 0.05) is 35.9 Å². The van der Waals surface area contributed by atoms with Gasteiger partial charge in [0.05, 0.1) is 0 Å². The number of aromatic nitrogens is 2. The zero-order valence-electron chi connectivity index (χ0n) is 11.0. The number of rotatable bonds is 5. The van der Waals surface area contributed by atoms with Gasteiger partial charge in [0.25, 0.3) is 0 Å². The zero-order valence-corrected chi connectivity index (χ0v) is 12.6. The van der Waals surface area contributed by atoms with Crippen molar-refractivity contribution in [1.82, 2.24) is 14.9 Å². The van der Waals surface area contributed by atoms with E-state index in [2.05, 4.69) is 37.7 Å². The third kappa shape index (κ3) is 3.42. The molecule has 1 N–H and O–H groups in total. The molecule has 19 heavy (non-hydrogen) atoms. The molecule has 0 amide bonds. The Morgan fingerprint density at radius 3 is 2.84 bits per heavy atom. The molecule has 5 heteroatoms. The molecule has 0 aliphatic heterocycles. The highest BCUT2D eigenvalue weighted by molar-refractivity contribution is 9.10. The molecule has 0 aliphatic carbocycles. The predicted octanol–water partition coefficient (Wildman–Crippen LogP) is 3.31. The fraction of sp³-hybridized carbons (Fsp3) is 0.357. The fourth-order valence-corrected chi connectivity index (χ4v) is 2.65. The summed E-state index contributed by atoms with van der Waals surface area (Å²) in [5, 5.41) is 3.22. The van der Waals surface area contributed by atoms with Gasteiger partial charge in [-0.2, -0.15) is 0 Å². The Morgan fingerprint density at radius 2 is 2.21 bits per heavy atom. The van der Waals surface area contributed by atoms with Crippen molar-refractivity contribution >= 4 is 15.9 Å². The van der Waals surface area contributed by atoms with E-state index in [1.165, 1.54) is 6.07 Å². The van der Waals surface area contributed by atoms with Crippen LogP contribution in [0.15, 0.2) is 35.1 Å². The van der Waals surface area contributed by atoms with Gasteiger partial charge in [0.2, 0.25) is 0 Å². The summed E-state index contributed by atoms with van der Waals surface area (Å²) in [7, 11) is 1.88. The van der Waals surface area contributed by atoms with Crippen molar-refractivity contribution in [3.05, 3.63) is 52.3 Å². The van der Waals surface area contributed by atoms with Gasteiger partial charge in [0.15, 0.2) is 0 Å². The largest absolute Gasteiger partial charge is 0.335 e. The van der Waals surface area contributed by atoms with E-state index in [1.54, 1.807) is 12.3 Å². The standard InChI is InChI=1S/C14H17BrFN3/c1-3-19-5-4-18-14(19)9-13(17-2)10-6-11(15)8-12(16)7-10/h4-8,13,17H,3,9H2,1-2H3. The summed E-state index contributed by atoms with van der Waals surface area (Å²) in [6.45, 7) is 2.97. The van der Waals surface area contributed by atoms with Crippen LogP contribution in [0.3, 0.4) is 0 Å². The monoisotopic (exact) mass is 325 g/mol. The molecule has 0 saturated carbocycles. The second-order valence-electron chi connectivity index (χ2n) is 4.38.